The molecule has 0 saturated heterocycles. The second kappa shape index (κ2) is 10.7. The molecule has 0 unspecified atom stereocenters. The van der Waals surface area contributed by atoms with E-state index in [1.54, 1.807) is 14.1 Å². The second-order valence-corrected chi connectivity index (χ2v) is 5.80. The minimum Gasteiger partial charge on any atom is -0.434 e. The predicted octanol–water partition coefficient (Wildman–Crippen LogP) is 2.47. The van der Waals surface area contributed by atoms with Gasteiger partial charge in [-0.25, -0.2) is 4.99 Å². The number of halogens is 3. The molecule has 1 rings (SSSR count). The monoisotopic (exact) mass is 376 g/mol. The van der Waals surface area contributed by atoms with Gasteiger partial charge in [-0.05, 0) is 24.6 Å². The summed E-state index contributed by atoms with van der Waals surface area (Å²) in [5, 5.41) is 6.36. The molecule has 0 spiro atoms. The van der Waals surface area contributed by atoms with E-state index in [1.807, 2.05) is 6.92 Å². The Hall–Kier alpha value is -2.09. The molecule has 0 bridgehead atoms. The Morgan fingerprint density at radius 3 is 2.68 bits per heavy atom. The van der Waals surface area contributed by atoms with Crippen LogP contribution in [-0.2, 0) is 11.3 Å². The lowest BCUT2D eigenvalue weighted by molar-refractivity contribution is -0.127. The summed E-state index contributed by atoms with van der Waals surface area (Å²) in [5.41, 5.74) is 0.421. The zero-order valence-corrected chi connectivity index (χ0v) is 15.2. The highest BCUT2D eigenvalue weighted by Gasteiger charge is 2.11. The van der Waals surface area contributed by atoms with Crippen molar-refractivity contribution in [3.05, 3.63) is 28.8 Å². The molecule has 6 nitrogen and oxygen atoms in total. The predicted molar refractivity (Wildman–Crippen MR) is 94.2 cm³/mol. The fourth-order valence-electron chi connectivity index (χ4n) is 1.78. The van der Waals surface area contributed by atoms with Gasteiger partial charge in [0.15, 0.2) is 5.96 Å². The molecular weight excluding hydrogens is 354 g/mol. The van der Waals surface area contributed by atoms with E-state index < -0.39 is 6.61 Å². The van der Waals surface area contributed by atoms with Crippen molar-refractivity contribution < 1.29 is 18.3 Å². The molecule has 0 radical (unpaired) electrons. The van der Waals surface area contributed by atoms with Crippen LogP contribution in [0, 0.1) is 0 Å². The van der Waals surface area contributed by atoms with Crippen molar-refractivity contribution >= 4 is 23.5 Å². The van der Waals surface area contributed by atoms with Gasteiger partial charge in [-0.2, -0.15) is 8.78 Å². The van der Waals surface area contributed by atoms with Gasteiger partial charge in [-0.15, -0.1) is 0 Å². The number of carbonyl (C=O) groups is 1. The zero-order valence-electron chi connectivity index (χ0n) is 14.5. The topological polar surface area (TPSA) is 66.0 Å². The van der Waals surface area contributed by atoms with E-state index in [0.717, 1.165) is 6.42 Å². The van der Waals surface area contributed by atoms with E-state index in [1.165, 1.54) is 23.1 Å². The molecule has 25 heavy (non-hydrogen) atoms. The number of guanidine groups is 1. The van der Waals surface area contributed by atoms with Crippen LogP contribution in [0.2, 0.25) is 5.02 Å². The van der Waals surface area contributed by atoms with Gasteiger partial charge in [0.05, 0.1) is 13.1 Å². The van der Waals surface area contributed by atoms with E-state index in [-0.39, 0.29) is 24.7 Å². The van der Waals surface area contributed by atoms with Gasteiger partial charge in [0, 0.05) is 31.2 Å². The number of alkyl halides is 2. The van der Waals surface area contributed by atoms with Crippen LogP contribution < -0.4 is 15.4 Å². The molecular formula is C16H23ClF2N4O2. The fraction of sp³-hybridized carbons (Fsp3) is 0.500. The molecule has 1 amide bonds. The molecule has 2 N–H and O–H groups in total. The number of rotatable bonds is 8. The first-order chi connectivity index (χ1) is 11.8. The Kier molecular flexibility index (Phi) is 8.98. The minimum atomic E-state index is -2.93. The van der Waals surface area contributed by atoms with Gasteiger partial charge in [-0.1, -0.05) is 18.5 Å². The minimum absolute atomic E-state index is 0.0161. The van der Waals surface area contributed by atoms with Crippen LogP contribution in [0.15, 0.2) is 23.2 Å². The highest BCUT2D eigenvalue weighted by Crippen LogP contribution is 2.25. The van der Waals surface area contributed by atoms with Crippen LogP contribution in [0.3, 0.4) is 0 Å². The zero-order chi connectivity index (χ0) is 18.8. The number of nitrogens with one attached hydrogen (secondary N) is 2. The summed E-state index contributed by atoms with van der Waals surface area (Å²) >= 11 is 5.92. The maximum Gasteiger partial charge on any atom is 0.387 e. The Morgan fingerprint density at radius 1 is 1.36 bits per heavy atom. The molecule has 0 aromatic heterocycles. The van der Waals surface area contributed by atoms with Crippen LogP contribution in [0.1, 0.15) is 18.9 Å². The van der Waals surface area contributed by atoms with Crippen molar-refractivity contribution in [1.29, 1.82) is 0 Å². The standard InChI is InChI=1S/C16H23ClF2N4O2/c1-4-7-20-16(22-10-14(24)23(2)3)21-9-11-8-12(17)5-6-13(11)25-15(18)19/h5-6,8,15H,4,7,9-10H2,1-3H3,(H2,20,21,22). The van der Waals surface area contributed by atoms with Crippen LogP contribution in [0.25, 0.3) is 0 Å². The summed E-state index contributed by atoms with van der Waals surface area (Å²) in [7, 11) is 3.31. The Morgan fingerprint density at radius 2 is 2.08 bits per heavy atom. The van der Waals surface area contributed by atoms with Crippen LogP contribution >= 0.6 is 11.6 Å². The Labute approximate surface area is 151 Å². The average Bonchev–Trinajstić information content (AvgIpc) is 2.55. The Bertz CT molecular complexity index is 597. The van der Waals surface area contributed by atoms with Gasteiger partial charge in [0.1, 0.15) is 5.75 Å². The largest absolute Gasteiger partial charge is 0.434 e. The number of benzene rings is 1. The number of hydrogen-bond acceptors (Lipinski definition) is 3. The molecule has 0 atom stereocenters. The lowest BCUT2D eigenvalue weighted by Crippen LogP contribution is -2.43. The van der Waals surface area contributed by atoms with Crippen molar-refractivity contribution in [3.63, 3.8) is 0 Å². The van der Waals surface area contributed by atoms with Gasteiger partial charge in [-0.3, -0.25) is 4.79 Å². The molecule has 0 aliphatic carbocycles. The third-order valence-electron chi connectivity index (χ3n) is 3.09. The number of ether oxygens (including phenoxy) is 1. The molecule has 1 aromatic rings. The number of hydrogen-bond donors (Lipinski definition) is 2. The van der Waals surface area contributed by atoms with E-state index in [2.05, 4.69) is 20.4 Å². The molecule has 140 valence electrons. The van der Waals surface area contributed by atoms with Gasteiger partial charge >= 0.3 is 6.61 Å². The summed E-state index contributed by atoms with van der Waals surface area (Å²) in [4.78, 5) is 17.4. The smallest absolute Gasteiger partial charge is 0.387 e. The number of carbonyl (C=O) groups excluding carboxylic acids is 1. The normalized spacial score (nSPS) is 11.4. The molecule has 1 aromatic carbocycles. The highest BCUT2D eigenvalue weighted by molar-refractivity contribution is 6.30. The van der Waals surface area contributed by atoms with Gasteiger partial charge in [0.2, 0.25) is 5.91 Å². The van der Waals surface area contributed by atoms with Crippen molar-refractivity contribution in [2.75, 3.05) is 27.2 Å². The quantitative estimate of drug-likeness (QED) is 0.540. The summed E-state index contributed by atoms with van der Waals surface area (Å²) in [6.45, 7) is -0.160. The second-order valence-electron chi connectivity index (χ2n) is 5.36. The maximum atomic E-state index is 12.5. The summed E-state index contributed by atoms with van der Waals surface area (Å²) in [6, 6.07) is 4.36. The molecule has 0 aliphatic rings. The lowest BCUT2D eigenvalue weighted by atomic mass is 10.2. The van der Waals surface area contributed by atoms with Gasteiger partial charge in [0.25, 0.3) is 0 Å². The third kappa shape index (κ3) is 8.02. The maximum absolute atomic E-state index is 12.5. The molecule has 0 heterocycles. The van der Waals surface area contributed by atoms with Crippen LogP contribution in [-0.4, -0.2) is 50.6 Å². The summed E-state index contributed by atoms with van der Waals surface area (Å²) < 4.78 is 29.5. The van der Waals surface area contributed by atoms with E-state index in [9.17, 15) is 13.6 Å². The number of likely N-dealkylation sites (N-methyl/N-ethyl adjacent to an activating group) is 1. The molecule has 0 aliphatic heterocycles. The summed E-state index contributed by atoms with van der Waals surface area (Å²) in [5.74, 6) is 0.304. The molecule has 9 heteroatoms. The van der Waals surface area contributed by atoms with Crippen LogP contribution in [0.5, 0.6) is 5.75 Å². The van der Waals surface area contributed by atoms with Crippen molar-refractivity contribution in [2.24, 2.45) is 4.99 Å². The van der Waals surface area contributed by atoms with Crippen molar-refractivity contribution in [1.82, 2.24) is 15.5 Å². The number of nitrogens with zero attached hydrogens (tertiary/aromatic N) is 2. The van der Waals surface area contributed by atoms with E-state index in [4.69, 9.17) is 11.6 Å². The van der Waals surface area contributed by atoms with Gasteiger partial charge < -0.3 is 20.3 Å². The number of amides is 1. The van der Waals surface area contributed by atoms with Crippen LogP contribution in [0.4, 0.5) is 8.78 Å². The first kappa shape index (κ1) is 21.0. The number of aliphatic imine (C=N–C) groups is 1. The van der Waals surface area contributed by atoms with Crippen molar-refractivity contribution in [3.8, 4) is 5.75 Å². The van der Waals surface area contributed by atoms with E-state index >= 15 is 0 Å². The molecule has 0 saturated carbocycles. The third-order valence-corrected chi connectivity index (χ3v) is 3.33. The first-order valence-electron chi connectivity index (χ1n) is 7.79. The molecule has 0 fully saturated rings. The van der Waals surface area contributed by atoms with E-state index in [0.29, 0.717) is 23.1 Å². The average molecular weight is 377 g/mol. The van der Waals surface area contributed by atoms with Crippen molar-refractivity contribution in [2.45, 2.75) is 26.5 Å². The summed E-state index contributed by atoms with van der Waals surface area (Å²) in [6.07, 6.45) is 0.860. The Balaban J connectivity index is 2.87. The SMILES string of the molecule is CCCNC(=NCc1cc(Cl)ccc1OC(F)F)NCC(=O)N(C)C. The first-order valence-corrected chi connectivity index (χ1v) is 8.16. The fourth-order valence-corrected chi connectivity index (χ4v) is 1.98. The highest BCUT2D eigenvalue weighted by atomic mass is 35.5. The lowest BCUT2D eigenvalue weighted by Gasteiger charge is -2.15.